The predicted octanol–water partition coefficient (Wildman–Crippen LogP) is 4.80. The van der Waals surface area contributed by atoms with Crippen molar-refractivity contribution in [3.63, 3.8) is 0 Å². The molecule has 0 atom stereocenters. The van der Waals surface area contributed by atoms with Crippen LogP contribution in [0.15, 0.2) is 53.1 Å². The molecule has 2 heterocycles. The molecule has 3 aromatic rings. The number of alkyl halides is 2. The van der Waals surface area contributed by atoms with Gasteiger partial charge < -0.3 is 9.32 Å². The van der Waals surface area contributed by atoms with Crippen LogP contribution in [-0.4, -0.2) is 33.8 Å². The highest BCUT2D eigenvalue weighted by molar-refractivity contribution is 6.10. The third kappa shape index (κ3) is 4.24. The molecule has 0 radical (unpaired) electrons. The van der Waals surface area contributed by atoms with Crippen molar-refractivity contribution in [2.45, 2.75) is 50.6 Å². The third-order valence-electron chi connectivity index (χ3n) is 7.08. The number of oxazole rings is 1. The number of nitriles is 1. The minimum absolute atomic E-state index is 0.0289. The number of aryl methyl sites for hydroxylation is 1. The summed E-state index contributed by atoms with van der Waals surface area (Å²) in [6.07, 6.45) is 2.02. The highest BCUT2D eigenvalue weighted by atomic mass is 19.3. The number of carbonyl (C=O) groups excluding carboxylic acids is 2. The number of anilines is 1. The summed E-state index contributed by atoms with van der Waals surface area (Å²) in [6, 6.07) is 11.2. The maximum absolute atomic E-state index is 14.9. The molecule has 1 saturated carbocycles. The van der Waals surface area contributed by atoms with Gasteiger partial charge in [0.25, 0.3) is 11.8 Å². The Morgan fingerprint density at radius 2 is 1.89 bits per heavy atom. The Morgan fingerprint density at radius 3 is 2.46 bits per heavy atom. The summed E-state index contributed by atoms with van der Waals surface area (Å²) in [5.41, 5.74) is -0.839. The molecule has 0 bridgehead atoms. The van der Waals surface area contributed by atoms with Crippen LogP contribution in [0.25, 0.3) is 0 Å². The predicted molar refractivity (Wildman–Crippen MR) is 126 cm³/mol. The molecule has 1 aliphatic carbocycles. The molecule has 1 aromatic heterocycles. The lowest BCUT2D eigenvalue weighted by Gasteiger charge is -2.56. The van der Waals surface area contributed by atoms with Crippen LogP contribution < -0.4 is 4.90 Å². The Labute approximate surface area is 211 Å². The smallest absolute Gasteiger partial charge is 0.270 e. The van der Waals surface area contributed by atoms with Crippen LogP contribution in [0.3, 0.4) is 0 Å². The van der Waals surface area contributed by atoms with Gasteiger partial charge in [-0.1, -0.05) is 24.3 Å². The monoisotopic (exact) mass is 508 g/mol. The van der Waals surface area contributed by atoms with Gasteiger partial charge in [-0.2, -0.15) is 5.26 Å². The number of nitrogens with zero attached hydrogens (tertiary/aromatic N) is 4. The van der Waals surface area contributed by atoms with Crippen molar-refractivity contribution < 1.29 is 27.2 Å². The molecule has 37 heavy (non-hydrogen) atoms. The summed E-state index contributed by atoms with van der Waals surface area (Å²) in [6.45, 7) is 2.20. The van der Waals surface area contributed by atoms with Gasteiger partial charge >= 0.3 is 0 Å². The summed E-state index contributed by atoms with van der Waals surface area (Å²) in [4.78, 5) is 34.2. The van der Waals surface area contributed by atoms with E-state index in [0.717, 1.165) is 17.9 Å². The average molecular weight is 509 g/mol. The molecule has 190 valence electrons. The Hall–Kier alpha value is -4.13. The minimum atomic E-state index is -3.00. The fraction of sp³-hybridized carbons (Fsp3) is 0.333. The zero-order valence-electron chi connectivity index (χ0n) is 20.2. The van der Waals surface area contributed by atoms with Crippen molar-refractivity contribution in [3.05, 3.63) is 82.8 Å². The number of piperazine rings is 1. The number of rotatable bonds is 5. The van der Waals surface area contributed by atoms with Gasteiger partial charge in [0.2, 0.25) is 5.91 Å². The maximum atomic E-state index is 14.9. The molecule has 10 heteroatoms. The molecular formula is C27H23F3N4O3. The fourth-order valence-electron chi connectivity index (χ4n) is 5.10. The second kappa shape index (κ2) is 8.76. The SMILES string of the molecule is Cc1cnc(C2CC3(C2)C(=O)N(c2ccc(C#N)cc2F)CC(=O)N3Cc2ccc(C(C)(F)F)cc2)o1. The second-order valence-electron chi connectivity index (χ2n) is 9.68. The first-order chi connectivity index (χ1) is 17.5. The Balaban J connectivity index is 1.48. The Bertz CT molecular complexity index is 1420. The molecule has 2 amide bonds. The molecule has 5 rings (SSSR count). The summed E-state index contributed by atoms with van der Waals surface area (Å²) in [5, 5.41) is 9.05. The second-order valence-corrected chi connectivity index (χ2v) is 9.68. The maximum Gasteiger partial charge on any atom is 0.270 e. The Kier molecular flexibility index (Phi) is 5.82. The van der Waals surface area contributed by atoms with E-state index in [0.29, 0.717) is 17.2 Å². The van der Waals surface area contributed by atoms with Gasteiger partial charge in [0, 0.05) is 24.9 Å². The number of amides is 2. The topological polar surface area (TPSA) is 90.4 Å². The molecule has 1 saturated heterocycles. The van der Waals surface area contributed by atoms with Gasteiger partial charge in [0.15, 0.2) is 5.89 Å². The molecule has 2 aliphatic rings. The van der Waals surface area contributed by atoms with Crippen molar-refractivity contribution in [2.75, 3.05) is 11.4 Å². The number of aromatic nitrogens is 1. The molecule has 7 nitrogen and oxygen atoms in total. The van der Waals surface area contributed by atoms with E-state index in [1.54, 1.807) is 13.1 Å². The summed E-state index contributed by atoms with van der Waals surface area (Å²) in [7, 11) is 0. The van der Waals surface area contributed by atoms with Gasteiger partial charge in [-0.05, 0) is 43.5 Å². The first-order valence-electron chi connectivity index (χ1n) is 11.7. The zero-order valence-corrected chi connectivity index (χ0v) is 20.2. The van der Waals surface area contributed by atoms with Crippen molar-refractivity contribution in [1.82, 2.24) is 9.88 Å². The molecule has 0 unspecified atom stereocenters. The van der Waals surface area contributed by atoms with Crippen LogP contribution in [0.2, 0.25) is 0 Å². The lowest BCUT2D eigenvalue weighted by molar-refractivity contribution is -0.160. The van der Waals surface area contributed by atoms with Crippen LogP contribution in [0.1, 0.15) is 54.0 Å². The molecule has 0 N–H and O–H groups in total. The average Bonchev–Trinajstić information content (AvgIpc) is 3.26. The minimum Gasteiger partial charge on any atom is -0.446 e. The number of hydrogen-bond acceptors (Lipinski definition) is 5. The van der Waals surface area contributed by atoms with Crippen molar-refractivity contribution in [3.8, 4) is 6.07 Å². The largest absolute Gasteiger partial charge is 0.446 e. The third-order valence-corrected chi connectivity index (χ3v) is 7.08. The number of hydrogen-bond donors (Lipinski definition) is 0. The van der Waals surface area contributed by atoms with Gasteiger partial charge in [-0.3, -0.25) is 14.5 Å². The van der Waals surface area contributed by atoms with E-state index in [1.807, 2.05) is 6.07 Å². The van der Waals surface area contributed by atoms with Crippen molar-refractivity contribution in [2.24, 2.45) is 0 Å². The van der Waals surface area contributed by atoms with Gasteiger partial charge in [-0.25, -0.2) is 18.2 Å². The lowest BCUT2D eigenvalue weighted by atomic mass is 9.65. The molecule has 1 aliphatic heterocycles. The first-order valence-corrected chi connectivity index (χ1v) is 11.7. The fourth-order valence-corrected chi connectivity index (χ4v) is 5.10. The van der Waals surface area contributed by atoms with Crippen molar-refractivity contribution in [1.29, 1.82) is 5.26 Å². The number of benzene rings is 2. The van der Waals surface area contributed by atoms with Gasteiger partial charge in [0.05, 0.1) is 23.5 Å². The van der Waals surface area contributed by atoms with Crippen LogP contribution in [-0.2, 0) is 22.1 Å². The Morgan fingerprint density at radius 1 is 1.19 bits per heavy atom. The zero-order chi connectivity index (χ0) is 26.5. The summed E-state index contributed by atoms with van der Waals surface area (Å²) < 4.78 is 47.8. The van der Waals surface area contributed by atoms with Crippen LogP contribution >= 0.6 is 0 Å². The van der Waals surface area contributed by atoms with E-state index in [-0.39, 0.29) is 42.1 Å². The molecular weight excluding hydrogens is 485 g/mol. The number of halogens is 3. The summed E-state index contributed by atoms with van der Waals surface area (Å²) >= 11 is 0. The van der Waals surface area contributed by atoms with Crippen LogP contribution in [0, 0.1) is 24.1 Å². The normalized spacial score (nSPS) is 21.8. The van der Waals surface area contributed by atoms with E-state index in [9.17, 15) is 22.8 Å². The first kappa shape index (κ1) is 24.6. The van der Waals surface area contributed by atoms with Crippen molar-refractivity contribution >= 4 is 17.5 Å². The van der Waals surface area contributed by atoms with E-state index < -0.39 is 35.6 Å². The highest BCUT2D eigenvalue weighted by Gasteiger charge is 2.61. The quantitative estimate of drug-likeness (QED) is 0.494. The van der Waals surface area contributed by atoms with E-state index in [2.05, 4.69) is 4.98 Å². The number of carbonyl (C=O) groups is 2. The van der Waals surface area contributed by atoms with E-state index >= 15 is 0 Å². The molecule has 2 fully saturated rings. The van der Waals surface area contributed by atoms with Gasteiger partial charge in [-0.15, -0.1) is 0 Å². The van der Waals surface area contributed by atoms with Crippen LogP contribution in [0.4, 0.5) is 18.9 Å². The standard InChI is InChI=1S/C27H23F3N4O3/c1-16-13-32-24(37-16)19-10-27(11-19)25(36)33(22-8-5-18(12-31)9-21(22)28)15-23(35)34(27)14-17-3-6-20(7-4-17)26(2,29)30/h3-9,13,19H,10-11,14-15H2,1-2H3. The van der Waals surface area contributed by atoms with Gasteiger partial charge in [0.1, 0.15) is 23.7 Å². The highest BCUT2D eigenvalue weighted by Crippen LogP contribution is 2.51. The van der Waals surface area contributed by atoms with Crippen LogP contribution in [0.5, 0.6) is 0 Å². The summed E-state index contributed by atoms with van der Waals surface area (Å²) in [5.74, 6) is -3.79. The van der Waals surface area contributed by atoms with E-state index in [1.165, 1.54) is 41.3 Å². The lowest BCUT2D eigenvalue weighted by Crippen LogP contribution is -2.72. The molecule has 2 aromatic carbocycles. The van der Waals surface area contributed by atoms with E-state index in [4.69, 9.17) is 9.68 Å². The molecule has 1 spiro atoms.